The number of ether oxygens (including phenoxy) is 1. The first-order chi connectivity index (χ1) is 8.61. The lowest BCUT2D eigenvalue weighted by Crippen LogP contribution is -2.19. The van der Waals surface area contributed by atoms with Gasteiger partial charge in [0.05, 0.1) is 6.61 Å². The van der Waals surface area contributed by atoms with Gasteiger partial charge in [0.1, 0.15) is 0 Å². The molecule has 1 aromatic heterocycles. The fraction of sp³-hybridized carbons (Fsp3) is 0.667. The molecule has 0 bridgehead atoms. The van der Waals surface area contributed by atoms with E-state index < -0.39 is 0 Å². The zero-order valence-electron chi connectivity index (χ0n) is 11.7. The molecular formula is C15H24N2O. The SMILES string of the molecule is CCCOc1cccnc1NC1CCC(C)(C)C1. The van der Waals surface area contributed by atoms with E-state index in [4.69, 9.17) is 4.74 Å². The molecule has 1 N–H and O–H groups in total. The second kappa shape index (κ2) is 5.59. The van der Waals surface area contributed by atoms with Crippen molar-refractivity contribution in [3.05, 3.63) is 18.3 Å². The molecule has 0 amide bonds. The molecule has 1 aliphatic carbocycles. The summed E-state index contributed by atoms with van der Waals surface area (Å²) in [6, 6.07) is 4.44. The highest BCUT2D eigenvalue weighted by atomic mass is 16.5. The predicted octanol–water partition coefficient (Wildman–Crippen LogP) is 3.86. The number of anilines is 1. The van der Waals surface area contributed by atoms with Crippen molar-refractivity contribution in [2.24, 2.45) is 5.41 Å². The van der Waals surface area contributed by atoms with Gasteiger partial charge in [0, 0.05) is 12.2 Å². The number of pyridine rings is 1. The van der Waals surface area contributed by atoms with Gasteiger partial charge in [-0.3, -0.25) is 0 Å². The van der Waals surface area contributed by atoms with Crippen LogP contribution < -0.4 is 10.1 Å². The van der Waals surface area contributed by atoms with Gasteiger partial charge in [-0.2, -0.15) is 0 Å². The summed E-state index contributed by atoms with van der Waals surface area (Å²) in [7, 11) is 0. The highest BCUT2D eigenvalue weighted by Gasteiger charge is 2.31. The molecule has 3 heteroatoms. The Morgan fingerprint density at radius 1 is 1.50 bits per heavy atom. The van der Waals surface area contributed by atoms with Crippen molar-refractivity contribution in [3.8, 4) is 5.75 Å². The van der Waals surface area contributed by atoms with Gasteiger partial charge >= 0.3 is 0 Å². The Labute approximate surface area is 110 Å². The summed E-state index contributed by atoms with van der Waals surface area (Å²) < 4.78 is 5.72. The lowest BCUT2D eigenvalue weighted by molar-refractivity contribution is 0.317. The summed E-state index contributed by atoms with van der Waals surface area (Å²) in [4.78, 5) is 4.41. The van der Waals surface area contributed by atoms with Gasteiger partial charge in [-0.15, -0.1) is 0 Å². The summed E-state index contributed by atoms with van der Waals surface area (Å²) in [6.45, 7) is 7.53. The van der Waals surface area contributed by atoms with Gasteiger partial charge in [0.2, 0.25) is 0 Å². The van der Waals surface area contributed by atoms with Crippen molar-refractivity contribution in [2.75, 3.05) is 11.9 Å². The molecule has 0 aromatic carbocycles. The fourth-order valence-corrected chi connectivity index (χ4v) is 2.58. The van der Waals surface area contributed by atoms with Crippen LogP contribution in [0.25, 0.3) is 0 Å². The van der Waals surface area contributed by atoms with E-state index in [1.54, 1.807) is 0 Å². The number of hydrogen-bond acceptors (Lipinski definition) is 3. The molecule has 1 fully saturated rings. The number of rotatable bonds is 5. The molecule has 1 unspecified atom stereocenters. The van der Waals surface area contributed by atoms with E-state index in [9.17, 15) is 0 Å². The van der Waals surface area contributed by atoms with Crippen molar-refractivity contribution < 1.29 is 4.74 Å². The number of nitrogens with zero attached hydrogens (tertiary/aromatic N) is 1. The van der Waals surface area contributed by atoms with Crippen molar-refractivity contribution in [2.45, 2.75) is 52.5 Å². The van der Waals surface area contributed by atoms with Crippen LogP contribution in [0.2, 0.25) is 0 Å². The molecule has 18 heavy (non-hydrogen) atoms. The zero-order valence-corrected chi connectivity index (χ0v) is 11.7. The maximum atomic E-state index is 5.72. The largest absolute Gasteiger partial charge is 0.490 e. The van der Waals surface area contributed by atoms with Gasteiger partial charge in [0.25, 0.3) is 0 Å². The Balaban J connectivity index is 2.00. The molecule has 100 valence electrons. The minimum Gasteiger partial charge on any atom is -0.490 e. The standard InChI is InChI=1S/C15H24N2O/c1-4-10-18-13-6-5-9-16-14(13)17-12-7-8-15(2,3)11-12/h5-6,9,12H,4,7-8,10-11H2,1-3H3,(H,16,17). The molecule has 1 aliphatic rings. The second-order valence-electron chi connectivity index (χ2n) is 5.95. The maximum absolute atomic E-state index is 5.72. The van der Waals surface area contributed by atoms with Crippen molar-refractivity contribution in [3.63, 3.8) is 0 Å². The minimum atomic E-state index is 0.455. The smallest absolute Gasteiger partial charge is 0.168 e. The van der Waals surface area contributed by atoms with Crippen LogP contribution in [-0.2, 0) is 0 Å². The minimum absolute atomic E-state index is 0.455. The number of hydrogen-bond donors (Lipinski definition) is 1. The Morgan fingerprint density at radius 2 is 2.33 bits per heavy atom. The third-order valence-electron chi connectivity index (χ3n) is 3.54. The third kappa shape index (κ3) is 3.37. The maximum Gasteiger partial charge on any atom is 0.168 e. The van der Waals surface area contributed by atoms with E-state index in [0.717, 1.165) is 24.6 Å². The normalized spacial score (nSPS) is 21.8. The van der Waals surface area contributed by atoms with E-state index in [1.165, 1.54) is 19.3 Å². The van der Waals surface area contributed by atoms with Crippen LogP contribution in [0.15, 0.2) is 18.3 Å². The molecule has 0 aliphatic heterocycles. The summed E-state index contributed by atoms with van der Waals surface area (Å²) in [5.41, 5.74) is 0.455. The van der Waals surface area contributed by atoms with Gasteiger partial charge in [0.15, 0.2) is 11.6 Å². The highest BCUT2D eigenvalue weighted by molar-refractivity contribution is 5.50. The predicted molar refractivity (Wildman–Crippen MR) is 75.1 cm³/mol. The van der Waals surface area contributed by atoms with Crippen molar-refractivity contribution in [1.82, 2.24) is 4.98 Å². The van der Waals surface area contributed by atoms with Crippen molar-refractivity contribution in [1.29, 1.82) is 0 Å². The van der Waals surface area contributed by atoms with Gasteiger partial charge in [-0.25, -0.2) is 4.98 Å². The average molecular weight is 248 g/mol. The molecule has 1 atom stereocenters. The van der Waals surface area contributed by atoms with Crippen LogP contribution in [0.3, 0.4) is 0 Å². The molecule has 1 aromatic rings. The average Bonchev–Trinajstić information content (AvgIpc) is 2.68. The molecule has 0 spiro atoms. The molecule has 0 saturated heterocycles. The van der Waals surface area contributed by atoms with E-state index in [1.807, 2.05) is 18.3 Å². The first-order valence-electron chi connectivity index (χ1n) is 6.95. The first-order valence-corrected chi connectivity index (χ1v) is 6.95. The summed E-state index contributed by atoms with van der Waals surface area (Å²) in [5.74, 6) is 1.78. The summed E-state index contributed by atoms with van der Waals surface area (Å²) in [6.07, 6.45) is 6.54. The second-order valence-corrected chi connectivity index (χ2v) is 5.95. The topological polar surface area (TPSA) is 34.1 Å². The van der Waals surface area contributed by atoms with Crippen LogP contribution in [0.4, 0.5) is 5.82 Å². The van der Waals surface area contributed by atoms with Gasteiger partial charge in [-0.05, 0) is 43.2 Å². The molecule has 3 nitrogen and oxygen atoms in total. The lowest BCUT2D eigenvalue weighted by Gasteiger charge is -2.19. The van der Waals surface area contributed by atoms with Crippen molar-refractivity contribution >= 4 is 5.82 Å². The molecule has 1 saturated carbocycles. The third-order valence-corrected chi connectivity index (χ3v) is 3.54. The number of nitrogens with one attached hydrogen (secondary N) is 1. The quantitative estimate of drug-likeness (QED) is 0.859. The summed E-state index contributed by atoms with van der Waals surface area (Å²) in [5, 5.41) is 3.54. The molecule has 0 radical (unpaired) electrons. The molecular weight excluding hydrogens is 224 g/mol. The van der Waals surface area contributed by atoms with E-state index in [0.29, 0.717) is 11.5 Å². The van der Waals surface area contributed by atoms with Crippen LogP contribution in [-0.4, -0.2) is 17.6 Å². The van der Waals surface area contributed by atoms with E-state index in [-0.39, 0.29) is 0 Å². The van der Waals surface area contributed by atoms with Crippen LogP contribution in [0.1, 0.15) is 46.5 Å². The fourth-order valence-electron chi connectivity index (χ4n) is 2.58. The Morgan fingerprint density at radius 3 is 3.00 bits per heavy atom. The Bertz CT molecular complexity index is 390. The van der Waals surface area contributed by atoms with Gasteiger partial charge in [-0.1, -0.05) is 20.8 Å². The van der Waals surface area contributed by atoms with Crippen LogP contribution >= 0.6 is 0 Å². The molecule has 2 rings (SSSR count). The first kappa shape index (κ1) is 13.2. The monoisotopic (exact) mass is 248 g/mol. The van der Waals surface area contributed by atoms with Crippen LogP contribution in [0, 0.1) is 5.41 Å². The summed E-state index contributed by atoms with van der Waals surface area (Å²) >= 11 is 0. The Hall–Kier alpha value is -1.25. The molecule has 1 heterocycles. The Kier molecular flexibility index (Phi) is 4.10. The number of aromatic nitrogens is 1. The van der Waals surface area contributed by atoms with E-state index >= 15 is 0 Å². The lowest BCUT2D eigenvalue weighted by atomic mass is 9.92. The van der Waals surface area contributed by atoms with E-state index in [2.05, 4.69) is 31.1 Å². The van der Waals surface area contributed by atoms with Crippen LogP contribution in [0.5, 0.6) is 5.75 Å². The highest BCUT2D eigenvalue weighted by Crippen LogP contribution is 2.38. The van der Waals surface area contributed by atoms with Gasteiger partial charge < -0.3 is 10.1 Å². The zero-order chi connectivity index (χ0) is 13.0.